The maximum absolute atomic E-state index is 11.3. The fourth-order valence-electron chi connectivity index (χ4n) is 1.23. The van der Waals surface area contributed by atoms with Crippen molar-refractivity contribution in [2.75, 3.05) is 5.88 Å². The number of hydrogen-bond acceptors (Lipinski definition) is 1. The predicted octanol–water partition coefficient (Wildman–Crippen LogP) is 1.60. The average Bonchev–Trinajstić information content (AvgIpc) is 2.43. The number of alkyl halides is 1. The number of hydrogen-bond donors (Lipinski definition) is 0. The van der Waals surface area contributed by atoms with Crippen LogP contribution in [0.3, 0.4) is 0 Å². The highest BCUT2D eigenvalue weighted by atomic mass is 35.5. The van der Waals surface area contributed by atoms with Gasteiger partial charge in [-0.15, -0.1) is 11.6 Å². The SMILES string of the molecule is Cn1ccn(CCCCCCl)c1=O. The van der Waals surface area contributed by atoms with Gasteiger partial charge in [0.05, 0.1) is 0 Å². The average molecular weight is 203 g/mol. The number of unbranched alkanes of at least 4 members (excludes halogenated alkanes) is 2. The minimum Gasteiger partial charge on any atom is -0.302 e. The molecule has 0 atom stereocenters. The van der Waals surface area contributed by atoms with Gasteiger partial charge in [-0.25, -0.2) is 4.79 Å². The maximum Gasteiger partial charge on any atom is 0.327 e. The second kappa shape index (κ2) is 5.12. The summed E-state index contributed by atoms with van der Waals surface area (Å²) in [5.41, 5.74) is 0.0610. The van der Waals surface area contributed by atoms with Crippen LogP contribution in [0.5, 0.6) is 0 Å². The number of imidazole rings is 1. The molecule has 13 heavy (non-hydrogen) atoms. The Bertz CT molecular complexity index is 303. The van der Waals surface area contributed by atoms with E-state index in [1.807, 2.05) is 6.20 Å². The fourth-order valence-corrected chi connectivity index (χ4v) is 1.42. The minimum atomic E-state index is 0.0610. The summed E-state index contributed by atoms with van der Waals surface area (Å²) in [6.45, 7) is 0.802. The highest BCUT2D eigenvalue weighted by Gasteiger charge is 1.98. The Balaban J connectivity index is 2.37. The van der Waals surface area contributed by atoms with Crippen LogP contribution in [-0.4, -0.2) is 15.0 Å². The van der Waals surface area contributed by atoms with Crippen LogP contribution in [0.15, 0.2) is 17.2 Å². The molecule has 0 aliphatic rings. The molecule has 0 amide bonds. The first-order valence-electron chi connectivity index (χ1n) is 4.53. The third-order valence-corrected chi connectivity index (χ3v) is 2.32. The van der Waals surface area contributed by atoms with Crippen molar-refractivity contribution in [3.05, 3.63) is 22.9 Å². The number of aromatic nitrogens is 2. The molecule has 0 bridgehead atoms. The molecule has 1 aromatic heterocycles. The predicted molar refractivity (Wildman–Crippen MR) is 54.2 cm³/mol. The van der Waals surface area contributed by atoms with Gasteiger partial charge in [-0.05, 0) is 12.8 Å². The molecule has 74 valence electrons. The van der Waals surface area contributed by atoms with Crippen molar-refractivity contribution in [1.29, 1.82) is 0 Å². The highest BCUT2D eigenvalue weighted by molar-refractivity contribution is 6.17. The van der Waals surface area contributed by atoms with Crippen molar-refractivity contribution in [3.8, 4) is 0 Å². The summed E-state index contributed by atoms with van der Waals surface area (Å²) in [5, 5.41) is 0. The lowest BCUT2D eigenvalue weighted by molar-refractivity contribution is 0.580. The van der Waals surface area contributed by atoms with Gasteiger partial charge in [0.2, 0.25) is 0 Å². The summed E-state index contributed by atoms with van der Waals surface area (Å²) in [5.74, 6) is 0.712. The van der Waals surface area contributed by atoms with Gasteiger partial charge in [0.1, 0.15) is 0 Å². The summed E-state index contributed by atoms with van der Waals surface area (Å²) >= 11 is 5.55. The van der Waals surface area contributed by atoms with Crippen LogP contribution in [0.25, 0.3) is 0 Å². The van der Waals surface area contributed by atoms with E-state index in [0.29, 0.717) is 5.88 Å². The van der Waals surface area contributed by atoms with Crippen molar-refractivity contribution in [1.82, 2.24) is 9.13 Å². The third kappa shape index (κ3) is 2.92. The van der Waals surface area contributed by atoms with Gasteiger partial charge in [0.25, 0.3) is 0 Å². The van der Waals surface area contributed by atoms with Gasteiger partial charge in [-0.1, -0.05) is 6.42 Å². The Morgan fingerprint density at radius 3 is 2.62 bits per heavy atom. The second-order valence-electron chi connectivity index (χ2n) is 3.13. The largest absolute Gasteiger partial charge is 0.327 e. The molecule has 0 saturated carbocycles. The Morgan fingerprint density at radius 2 is 2.08 bits per heavy atom. The van der Waals surface area contributed by atoms with Crippen LogP contribution in [0, 0.1) is 0 Å². The Labute approximate surface area is 82.9 Å². The van der Waals surface area contributed by atoms with E-state index >= 15 is 0 Å². The lowest BCUT2D eigenvalue weighted by Gasteiger charge is -1.99. The van der Waals surface area contributed by atoms with Crippen molar-refractivity contribution in [2.45, 2.75) is 25.8 Å². The van der Waals surface area contributed by atoms with E-state index < -0.39 is 0 Å². The van der Waals surface area contributed by atoms with E-state index in [4.69, 9.17) is 11.6 Å². The molecule has 3 nitrogen and oxygen atoms in total. The number of aryl methyl sites for hydroxylation is 2. The van der Waals surface area contributed by atoms with Crippen LogP contribution < -0.4 is 5.69 Å². The van der Waals surface area contributed by atoms with Crippen molar-refractivity contribution >= 4 is 11.6 Å². The molecule has 0 N–H and O–H groups in total. The zero-order valence-corrected chi connectivity index (χ0v) is 8.63. The van der Waals surface area contributed by atoms with Crippen LogP contribution in [0.4, 0.5) is 0 Å². The number of halogens is 1. The first-order valence-corrected chi connectivity index (χ1v) is 5.07. The number of rotatable bonds is 5. The van der Waals surface area contributed by atoms with Crippen molar-refractivity contribution < 1.29 is 0 Å². The molecule has 0 spiro atoms. The molecule has 0 saturated heterocycles. The molecule has 0 aliphatic heterocycles. The molecular weight excluding hydrogens is 188 g/mol. The highest BCUT2D eigenvalue weighted by Crippen LogP contribution is 1.98. The fraction of sp³-hybridized carbons (Fsp3) is 0.667. The minimum absolute atomic E-state index is 0.0610. The molecule has 0 radical (unpaired) electrons. The van der Waals surface area contributed by atoms with Gasteiger partial charge in [0, 0.05) is 31.9 Å². The van der Waals surface area contributed by atoms with Crippen LogP contribution in [0.1, 0.15) is 19.3 Å². The molecular formula is C9H15ClN2O. The summed E-state index contributed by atoms with van der Waals surface area (Å²) in [6.07, 6.45) is 6.75. The van der Waals surface area contributed by atoms with E-state index in [9.17, 15) is 4.79 Å². The lowest BCUT2D eigenvalue weighted by Crippen LogP contribution is -2.21. The lowest BCUT2D eigenvalue weighted by atomic mass is 10.2. The summed E-state index contributed by atoms with van der Waals surface area (Å²) < 4.78 is 3.32. The molecule has 1 aromatic rings. The first kappa shape index (κ1) is 10.4. The first-order chi connectivity index (χ1) is 6.25. The van der Waals surface area contributed by atoms with E-state index in [2.05, 4.69) is 0 Å². The third-order valence-electron chi connectivity index (χ3n) is 2.05. The zero-order chi connectivity index (χ0) is 9.68. The summed E-state index contributed by atoms with van der Waals surface area (Å²) in [6, 6.07) is 0. The van der Waals surface area contributed by atoms with Crippen LogP contribution in [-0.2, 0) is 13.6 Å². The van der Waals surface area contributed by atoms with Crippen molar-refractivity contribution in [2.24, 2.45) is 7.05 Å². The van der Waals surface area contributed by atoms with E-state index in [1.165, 1.54) is 0 Å². The van der Waals surface area contributed by atoms with Gasteiger partial charge >= 0.3 is 5.69 Å². The zero-order valence-electron chi connectivity index (χ0n) is 7.87. The standard InChI is InChI=1S/C9H15ClN2O/c1-11-7-8-12(9(11)13)6-4-2-3-5-10/h7-8H,2-6H2,1H3. The number of nitrogens with zero attached hydrogens (tertiary/aromatic N) is 2. The van der Waals surface area contributed by atoms with Crippen LogP contribution >= 0.6 is 11.6 Å². The van der Waals surface area contributed by atoms with E-state index in [-0.39, 0.29) is 5.69 Å². The smallest absolute Gasteiger partial charge is 0.302 e. The van der Waals surface area contributed by atoms with Gasteiger partial charge in [-0.2, -0.15) is 0 Å². The van der Waals surface area contributed by atoms with E-state index in [1.54, 1.807) is 22.4 Å². The topological polar surface area (TPSA) is 26.9 Å². The van der Waals surface area contributed by atoms with Gasteiger partial charge in [0.15, 0.2) is 0 Å². The molecule has 0 aromatic carbocycles. The van der Waals surface area contributed by atoms with E-state index in [0.717, 1.165) is 25.8 Å². The second-order valence-corrected chi connectivity index (χ2v) is 3.51. The molecule has 4 heteroatoms. The molecule has 1 rings (SSSR count). The summed E-state index contributed by atoms with van der Waals surface area (Å²) in [4.78, 5) is 11.3. The Hall–Kier alpha value is -0.700. The Morgan fingerprint density at radius 1 is 1.31 bits per heavy atom. The molecule has 0 fully saturated rings. The van der Waals surface area contributed by atoms with Gasteiger partial charge in [-0.3, -0.25) is 4.57 Å². The molecule has 0 unspecified atom stereocenters. The monoisotopic (exact) mass is 202 g/mol. The normalized spacial score (nSPS) is 10.6. The molecule has 1 heterocycles. The van der Waals surface area contributed by atoms with Crippen molar-refractivity contribution in [3.63, 3.8) is 0 Å². The summed E-state index contributed by atoms with van der Waals surface area (Å²) in [7, 11) is 1.76. The molecule has 0 aliphatic carbocycles. The van der Waals surface area contributed by atoms with Crippen LogP contribution in [0.2, 0.25) is 0 Å². The van der Waals surface area contributed by atoms with Gasteiger partial charge < -0.3 is 4.57 Å². The maximum atomic E-state index is 11.3. The Kier molecular flexibility index (Phi) is 4.09. The quantitative estimate of drug-likeness (QED) is 0.526.